The van der Waals surface area contributed by atoms with Crippen molar-refractivity contribution in [3.8, 4) is 0 Å². The van der Waals surface area contributed by atoms with E-state index < -0.39 is 0 Å². The number of aryl methyl sites for hydroxylation is 2. The molecule has 3 heterocycles. The second kappa shape index (κ2) is 8.78. The summed E-state index contributed by atoms with van der Waals surface area (Å²) in [5, 5.41) is 10.8. The number of rotatable bonds is 6. The molecule has 30 heavy (non-hydrogen) atoms. The van der Waals surface area contributed by atoms with Gasteiger partial charge in [0.25, 0.3) is 0 Å². The number of imidazole rings is 1. The predicted molar refractivity (Wildman–Crippen MR) is 114 cm³/mol. The van der Waals surface area contributed by atoms with E-state index in [1.165, 1.54) is 11.3 Å². The number of nitrogens with zero attached hydrogens (tertiary/aromatic N) is 5. The number of hydrogen-bond acceptors (Lipinski definition) is 6. The summed E-state index contributed by atoms with van der Waals surface area (Å²) in [7, 11) is 0. The maximum Gasteiger partial charge on any atom is 0.329 e. The predicted octanol–water partition coefficient (Wildman–Crippen LogP) is 1.94. The summed E-state index contributed by atoms with van der Waals surface area (Å²) < 4.78 is 3.40. The monoisotopic (exact) mass is 428 g/mol. The lowest BCUT2D eigenvalue weighted by Gasteiger charge is -2.31. The Morgan fingerprint density at radius 3 is 2.50 bits per heavy atom. The molecule has 0 spiro atoms. The first-order chi connectivity index (χ1) is 14.6. The Bertz CT molecular complexity index is 1100. The minimum atomic E-state index is -0.136. The van der Waals surface area contributed by atoms with Gasteiger partial charge < -0.3 is 10.2 Å². The fourth-order valence-corrected chi connectivity index (χ4v) is 4.43. The Kier molecular flexibility index (Phi) is 5.93. The highest BCUT2D eigenvalue weighted by atomic mass is 32.1. The number of carbonyl (C=O) groups excluding carboxylic acids is 2. The van der Waals surface area contributed by atoms with Crippen molar-refractivity contribution >= 4 is 39.3 Å². The summed E-state index contributed by atoms with van der Waals surface area (Å²) in [6, 6.07) is 7.65. The molecule has 1 N–H and O–H groups in total. The van der Waals surface area contributed by atoms with Crippen LogP contribution < -0.4 is 11.0 Å². The number of anilines is 1. The van der Waals surface area contributed by atoms with Gasteiger partial charge in [-0.2, -0.15) is 0 Å². The van der Waals surface area contributed by atoms with Gasteiger partial charge in [-0.15, -0.1) is 10.2 Å². The highest BCUT2D eigenvalue weighted by Gasteiger charge is 2.27. The standard InChI is InChI=1S/C20H24N6O3S/c1-2-25-15-5-3-4-6-16(15)26(20(25)29)12-9-17(27)24-10-7-14(8-11-24)18(28)22-19-23-21-13-30-19/h3-6,13-14H,2,7-12H2,1H3,(H,22,23,28). The van der Waals surface area contributed by atoms with Crippen molar-refractivity contribution < 1.29 is 9.59 Å². The van der Waals surface area contributed by atoms with Gasteiger partial charge in [0, 0.05) is 38.5 Å². The number of para-hydroxylation sites is 2. The molecule has 0 aliphatic carbocycles. The van der Waals surface area contributed by atoms with E-state index in [9.17, 15) is 14.4 Å². The molecule has 1 saturated heterocycles. The van der Waals surface area contributed by atoms with Crippen molar-refractivity contribution in [1.82, 2.24) is 24.2 Å². The zero-order valence-electron chi connectivity index (χ0n) is 16.8. The summed E-state index contributed by atoms with van der Waals surface area (Å²) >= 11 is 1.28. The molecule has 1 aromatic carbocycles. The normalized spacial score (nSPS) is 14.9. The minimum absolute atomic E-state index is 0.0122. The van der Waals surface area contributed by atoms with Gasteiger partial charge in [-0.3, -0.25) is 18.7 Å². The van der Waals surface area contributed by atoms with Crippen LogP contribution in [0.1, 0.15) is 26.2 Å². The van der Waals surface area contributed by atoms with E-state index in [0.29, 0.717) is 44.2 Å². The van der Waals surface area contributed by atoms with Gasteiger partial charge in [0.2, 0.25) is 16.9 Å². The van der Waals surface area contributed by atoms with Gasteiger partial charge in [-0.1, -0.05) is 23.5 Å². The Morgan fingerprint density at radius 1 is 1.17 bits per heavy atom. The summed E-state index contributed by atoms with van der Waals surface area (Å²) in [5.74, 6) is -0.195. The molecule has 0 unspecified atom stereocenters. The quantitative estimate of drug-likeness (QED) is 0.646. The molecular weight excluding hydrogens is 404 g/mol. The van der Waals surface area contributed by atoms with Crippen LogP contribution in [0.2, 0.25) is 0 Å². The molecule has 1 aliphatic rings. The number of likely N-dealkylation sites (tertiary alicyclic amines) is 1. The van der Waals surface area contributed by atoms with Crippen molar-refractivity contribution in [3.05, 3.63) is 40.3 Å². The number of aromatic nitrogens is 4. The lowest BCUT2D eigenvalue weighted by molar-refractivity contribution is -0.134. The number of carbonyl (C=O) groups is 2. The summed E-state index contributed by atoms with van der Waals surface area (Å²) in [6.07, 6.45) is 1.50. The van der Waals surface area contributed by atoms with Crippen LogP contribution in [0, 0.1) is 5.92 Å². The smallest absolute Gasteiger partial charge is 0.329 e. The molecule has 158 valence electrons. The number of benzene rings is 1. The zero-order valence-corrected chi connectivity index (χ0v) is 17.6. The van der Waals surface area contributed by atoms with E-state index in [0.717, 1.165) is 11.0 Å². The first-order valence-corrected chi connectivity index (χ1v) is 11.0. The number of nitrogens with one attached hydrogen (secondary N) is 1. The van der Waals surface area contributed by atoms with E-state index >= 15 is 0 Å². The van der Waals surface area contributed by atoms with Crippen LogP contribution in [0.3, 0.4) is 0 Å². The third-order valence-corrected chi connectivity index (χ3v) is 6.21. The average Bonchev–Trinajstić information content (AvgIpc) is 3.37. The Labute approximate surface area is 177 Å². The molecule has 0 saturated carbocycles. The van der Waals surface area contributed by atoms with Gasteiger partial charge in [-0.05, 0) is 31.9 Å². The topological polar surface area (TPSA) is 102 Å². The molecule has 4 rings (SSSR count). The molecule has 1 aliphatic heterocycles. The molecule has 2 aromatic heterocycles. The highest BCUT2D eigenvalue weighted by Crippen LogP contribution is 2.21. The van der Waals surface area contributed by atoms with Crippen molar-refractivity contribution in [2.45, 2.75) is 39.3 Å². The summed E-state index contributed by atoms with van der Waals surface area (Å²) in [5.41, 5.74) is 3.22. The average molecular weight is 429 g/mol. The Morgan fingerprint density at radius 2 is 1.87 bits per heavy atom. The van der Waals surface area contributed by atoms with Crippen LogP contribution in [-0.4, -0.2) is 49.1 Å². The van der Waals surface area contributed by atoms with Gasteiger partial charge in [0.1, 0.15) is 5.51 Å². The number of piperidine rings is 1. The van der Waals surface area contributed by atoms with Crippen LogP contribution in [-0.2, 0) is 22.7 Å². The van der Waals surface area contributed by atoms with Crippen molar-refractivity contribution in [2.75, 3.05) is 18.4 Å². The van der Waals surface area contributed by atoms with E-state index in [4.69, 9.17) is 0 Å². The fourth-order valence-electron chi connectivity index (χ4n) is 3.99. The minimum Gasteiger partial charge on any atom is -0.343 e. The van der Waals surface area contributed by atoms with E-state index in [-0.39, 0.29) is 29.8 Å². The zero-order chi connectivity index (χ0) is 21.1. The SMILES string of the molecule is CCn1c(=O)n(CCC(=O)N2CCC(C(=O)Nc3nncs3)CC2)c2ccccc21. The second-order valence-electron chi connectivity index (χ2n) is 7.31. The summed E-state index contributed by atoms with van der Waals surface area (Å²) in [4.78, 5) is 39.5. The van der Waals surface area contributed by atoms with Gasteiger partial charge in [-0.25, -0.2) is 4.79 Å². The number of amides is 2. The Balaban J connectivity index is 1.34. The molecule has 0 radical (unpaired) electrons. The molecule has 10 heteroatoms. The van der Waals surface area contributed by atoms with Crippen LogP contribution in [0.15, 0.2) is 34.6 Å². The van der Waals surface area contributed by atoms with E-state index in [2.05, 4.69) is 15.5 Å². The molecule has 0 atom stereocenters. The molecular formula is C20H24N6O3S. The maximum atomic E-state index is 12.7. The van der Waals surface area contributed by atoms with Crippen LogP contribution in [0.5, 0.6) is 0 Å². The van der Waals surface area contributed by atoms with E-state index in [1.54, 1.807) is 19.5 Å². The molecule has 3 aromatic rings. The number of hydrogen-bond donors (Lipinski definition) is 1. The van der Waals surface area contributed by atoms with Gasteiger partial charge >= 0.3 is 5.69 Å². The molecule has 2 amide bonds. The van der Waals surface area contributed by atoms with Crippen LogP contribution >= 0.6 is 11.3 Å². The molecule has 1 fully saturated rings. The van der Waals surface area contributed by atoms with Gasteiger partial charge in [0.05, 0.1) is 11.0 Å². The van der Waals surface area contributed by atoms with Gasteiger partial charge in [0.15, 0.2) is 0 Å². The van der Waals surface area contributed by atoms with E-state index in [1.807, 2.05) is 31.2 Å². The van der Waals surface area contributed by atoms with Crippen molar-refractivity contribution in [3.63, 3.8) is 0 Å². The lowest BCUT2D eigenvalue weighted by Crippen LogP contribution is -2.42. The molecule has 0 bridgehead atoms. The first-order valence-electron chi connectivity index (χ1n) is 10.1. The second-order valence-corrected chi connectivity index (χ2v) is 8.14. The third-order valence-electron chi connectivity index (χ3n) is 5.60. The van der Waals surface area contributed by atoms with Crippen LogP contribution in [0.25, 0.3) is 11.0 Å². The Hall–Kier alpha value is -3.01. The summed E-state index contributed by atoms with van der Waals surface area (Å²) in [6.45, 7) is 3.96. The maximum absolute atomic E-state index is 12.7. The third kappa shape index (κ3) is 4.00. The lowest BCUT2D eigenvalue weighted by atomic mass is 9.96. The van der Waals surface area contributed by atoms with Crippen molar-refractivity contribution in [1.29, 1.82) is 0 Å². The molecule has 9 nitrogen and oxygen atoms in total. The number of fused-ring (bicyclic) bond motifs is 1. The largest absolute Gasteiger partial charge is 0.343 e. The van der Waals surface area contributed by atoms with Crippen molar-refractivity contribution in [2.24, 2.45) is 5.92 Å². The fraction of sp³-hybridized carbons (Fsp3) is 0.450. The first kappa shape index (κ1) is 20.3. The highest BCUT2D eigenvalue weighted by molar-refractivity contribution is 7.13. The van der Waals surface area contributed by atoms with Crippen LogP contribution in [0.4, 0.5) is 5.13 Å².